The summed E-state index contributed by atoms with van der Waals surface area (Å²) in [5.41, 5.74) is -1.94. The lowest BCUT2D eigenvalue weighted by atomic mass is 9.95. The van der Waals surface area contributed by atoms with Crippen molar-refractivity contribution in [3.63, 3.8) is 0 Å². The van der Waals surface area contributed by atoms with Crippen molar-refractivity contribution in [2.75, 3.05) is 20.1 Å². The van der Waals surface area contributed by atoms with Crippen LogP contribution >= 0.6 is 23.2 Å². The Morgan fingerprint density at radius 1 is 1.15 bits per heavy atom. The number of piperidine rings is 1. The number of alkyl halides is 3. The molecule has 0 aliphatic carbocycles. The highest BCUT2D eigenvalue weighted by Gasteiger charge is 2.32. The van der Waals surface area contributed by atoms with Gasteiger partial charge in [0.15, 0.2) is 0 Å². The Balaban J connectivity index is 1.75. The lowest BCUT2D eigenvalue weighted by Crippen LogP contribution is -2.39. The molecule has 0 radical (unpaired) electrons. The Morgan fingerprint density at radius 2 is 1.85 bits per heavy atom. The van der Waals surface area contributed by atoms with Gasteiger partial charge in [-0.1, -0.05) is 23.2 Å². The first-order valence-corrected chi connectivity index (χ1v) is 12.7. The summed E-state index contributed by atoms with van der Waals surface area (Å²) in [5, 5.41) is 23.6. The van der Waals surface area contributed by atoms with Crippen molar-refractivity contribution in [1.29, 1.82) is 5.26 Å². The van der Waals surface area contributed by atoms with Crippen molar-refractivity contribution in [1.82, 2.24) is 15.2 Å². The fraction of sp³-hybridized carbons (Fsp3) is 0.296. The van der Waals surface area contributed by atoms with E-state index in [0.717, 1.165) is 18.2 Å². The lowest BCUT2D eigenvalue weighted by molar-refractivity contribution is -0.137. The fourth-order valence-electron chi connectivity index (χ4n) is 4.72. The molecule has 7 nitrogen and oxygen atoms in total. The van der Waals surface area contributed by atoms with Crippen LogP contribution in [0.2, 0.25) is 10.0 Å². The molecule has 0 saturated carbocycles. The third kappa shape index (κ3) is 6.06. The Hall–Kier alpha value is -3.52. The van der Waals surface area contributed by atoms with Crippen molar-refractivity contribution < 1.29 is 23.1 Å². The molecule has 204 valence electrons. The van der Waals surface area contributed by atoms with Gasteiger partial charge in [0.05, 0.1) is 11.3 Å². The molecule has 2 heterocycles. The highest BCUT2D eigenvalue weighted by atomic mass is 35.5. The third-order valence-electron chi connectivity index (χ3n) is 6.77. The summed E-state index contributed by atoms with van der Waals surface area (Å²) < 4.78 is 40.2. The van der Waals surface area contributed by atoms with Crippen LogP contribution in [-0.2, 0) is 17.5 Å². The molecule has 3 N–H and O–H groups in total. The largest absolute Gasteiger partial charge is 0.507 e. The standard InChI is InChI=1S/C27H23Cl2F3N4O3/c1-34-25(38)14-4-6-36(7-5-14)13-15-8-17(28)10-20(24(15)37)23-11-18(21(12-33)26(39)35-23)19-9-16(27(30,31)32)2-3-22(19)29/h2-3,8-11,14,37H,4-7,13H2,1H3,(H,34,38)(H,35,39). The van der Waals surface area contributed by atoms with Crippen molar-refractivity contribution in [3.05, 3.63) is 73.5 Å². The van der Waals surface area contributed by atoms with Crippen LogP contribution in [0.4, 0.5) is 13.2 Å². The number of carbonyl (C=O) groups excluding carboxylic acids is 1. The number of benzene rings is 2. The minimum Gasteiger partial charge on any atom is -0.507 e. The normalized spacial score (nSPS) is 14.7. The van der Waals surface area contributed by atoms with E-state index in [4.69, 9.17) is 23.2 Å². The molecule has 12 heteroatoms. The molecule has 0 unspecified atom stereocenters. The molecule has 0 bridgehead atoms. The third-order valence-corrected chi connectivity index (χ3v) is 7.32. The molecule has 1 aromatic heterocycles. The van der Waals surface area contributed by atoms with E-state index in [1.165, 1.54) is 12.1 Å². The quantitative estimate of drug-likeness (QED) is 0.366. The second-order valence-corrected chi connectivity index (χ2v) is 10.1. The number of nitrogens with one attached hydrogen (secondary N) is 2. The first kappa shape index (κ1) is 28.5. The summed E-state index contributed by atoms with van der Waals surface area (Å²) in [7, 11) is 1.60. The number of amides is 1. The number of likely N-dealkylation sites (tertiary alicyclic amines) is 1. The SMILES string of the molecule is CNC(=O)C1CCN(Cc2cc(Cl)cc(-c3cc(-c4cc(C(F)(F)F)ccc4Cl)c(C#N)c(=O)[nH]3)c2O)CC1. The summed E-state index contributed by atoms with van der Waals surface area (Å²) in [4.78, 5) is 29.3. The number of H-pyrrole nitrogens is 1. The molecule has 2 aromatic carbocycles. The van der Waals surface area contributed by atoms with E-state index < -0.39 is 22.9 Å². The topological polar surface area (TPSA) is 109 Å². The average Bonchev–Trinajstić information content (AvgIpc) is 2.89. The van der Waals surface area contributed by atoms with Crippen LogP contribution in [0, 0.1) is 17.2 Å². The van der Waals surface area contributed by atoms with Gasteiger partial charge >= 0.3 is 6.18 Å². The second-order valence-electron chi connectivity index (χ2n) is 9.23. The fourth-order valence-corrected chi connectivity index (χ4v) is 5.18. The van der Waals surface area contributed by atoms with Crippen LogP contribution < -0.4 is 10.9 Å². The zero-order valence-electron chi connectivity index (χ0n) is 20.6. The number of nitrogens with zero attached hydrogens (tertiary/aromatic N) is 2. The van der Waals surface area contributed by atoms with Crippen LogP contribution in [0.5, 0.6) is 5.75 Å². The van der Waals surface area contributed by atoms with Gasteiger partial charge in [-0.25, -0.2) is 0 Å². The Bertz CT molecular complexity index is 1520. The van der Waals surface area contributed by atoms with Crippen LogP contribution in [0.3, 0.4) is 0 Å². The number of aromatic amines is 1. The highest BCUT2D eigenvalue weighted by molar-refractivity contribution is 6.33. The van der Waals surface area contributed by atoms with Gasteiger partial charge in [-0.15, -0.1) is 0 Å². The lowest BCUT2D eigenvalue weighted by Gasteiger charge is -2.31. The Kier molecular flexibility index (Phi) is 8.25. The number of aromatic nitrogens is 1. The molecule has 1 fully saturated rings. The van der Waals surface area contributed by atoms with Crippen molar-refractivity contribution >= 4 is 29.1 Å². The maximum atomic E-state index is 13.4. The van der Waals surface area contributed by atoms with Crippen molar-refractivity contribution in [2.24, 2.45) is 5.92 Å². The van der Waals surface area contributed by atoms with E-state index in [1.807, 2.05) is 0 Å². The molecule has 1 amide bonds. The van der Waals surface area contributed by atoms with Gasteiger partial charge in [0, 0.05) is 51.8 Å². The van der Waals surface area contributed by atoms with Gasteiger partial charge in [-0.3, -0.25) is 14.5 Å². The molecular formula is C27H23Cl2F3N4O3. The second kappa shape index (κ2) is 11.3. The molecule has 0 atom stereocenters. The molecule has 3 aromatic rings. The van der Waals surface area contributed by atoms with Gasteiger partial charge in [-0.2, -0.15) is 18.4 Å². The minimum atomic E-state index is -4.68. The number of carbonyl (C=O) groups is 1. The molecule has 1 aliphatic heterocycles. The summed E-state index contributed by atoms with van der Waals surface area (Å²) in [6.07, 6.45) is -3.37. The summed E-state index contributed by atoms with van der Waals surface area (Å²) in [5.74, 6) is -0.280. The van der Waals surface area contributed by atoms with Gasteiger partial charge in [0.25, 0.3) is 5.56 Å². The van der Waals surface area contributed by atoms with E-state index >= 15 is 0 Å². The maximum Gasteiger partial charge on any atom is 0.416 e. The number of hydrogen-bond acceptors (Lipinski definition) is 5. The number of pyridine rings is 1. The first-order chi connectivity index (χ1) is 18.4. The van der Waals surface area contributed by atoms with E-state index in [1.54, 1.807) is 19.2 Å². The zero-order valence-corrected chi connectivity index (χ0v) is 22.1. The van der Waals surface area contributed by atoms with Crippen LogP contribution in [0.1, 0.15) is 29.5 Å². The molecular weight excluding hydrogens is 556 g/mol. The monoisotopic (exact) mass is 578 g/mol. The number of nitriles is 1. The average molecular weight is 579 g/mol. The van der Waals surface area contributed by atoms with Gasteiger partial charge in [-0.05, 0) is 62.3 Å². The van der Waals surface area contributed by atoms with Crippen LogP contribution in [-0.4, -0.2) is 41.0 Å². The zero-order chi connectivity index (χ0) is 28.5. The summed E-state index contributed by atoms with van der Waals surface area (Å²) in [6, 6.07) is 8.63. The van der Waals surface area contributed by atoms with E-state index in [0.29, 0.717) is 38.0 Å². The minimum absolute atomic E-state index is 0.0102. The Morgan fingerprint density at radius 3 is 2.46 bits per heavy atom. The van der Waals surface area contributed by atoms with Crippen molar-refractivity contribution in [3.8, 4) is 34.2 Å². The smallest absolute Gasteiger partial charge is 0.416 e. The number of aromatic hydroxyl groups is 1. The number of rotatable bonds is 5. The number of phenolic OH excluding ortho intramolecular Hbond substituents is 1. The van der Waals surface area contributed by atoms with E-state index in [2.05, 4.69) is 15.2 Å². The van der Waals surface area contributed by atoms with Crippen LogP contribution in [0.15, 0.2) is 41.2 Å². The summed E-state index contributed by atoms with van der Waals surface area (Å²) in [6.45, 7) is 1.54. The molecule has 4 rings (SSSR count). The van der Waals surface area contributed by atoms with Crippen molar-refractivity contribution in [2.45, 2.75) is 25.6 Å². The van der Waals surface area contributed by atoms with Gasteiger partial charge < -0.3 is 15.4 Å². The number of phenols is 1. The summed E-state index contributed by atoms with van der Waals surface area (Å²) >= 11 is 12.6. The predicted octanol–water partition coefficient (Wildman–Crippen LogP) is 5.57. The van der Waals surface area contributed by atoms with Crippen LogP contribution in [0.25, 0.3) is 22.4 Å². The van der Waals surface area contributed by atoms with Gasteiger partial charge in [0.1, 0.15) is 17.4 Å². The number of hydrogen-bond donors (Lipinski definition) is 3. The Labute approximate surface area is 231 Å². The first-order valence-electron chi connectivity index (χ1n) is 11.9. The predicted molar refractivity (Wildman–Crippen MR) is 141 cm³/mol. The highest BCUT2D eigenvalue weighted by Crippen LogP contribution is 2.40. The van der Waals surface area contributed by atoms with Gasteiger partial charge in [0.2, 0.25) is 5.91 Å². The number of halogens is 5. The molecule has 0 spiro atoms. The molecule has 1 aliphatic rings. The molecule has 1 saturated heterocycles. The maximum absolute atomic E-state index is 13.4. The molecule has 39 heavy (non-hydrogen) atoms. The van der Waals surface area contributed by atoms with E-state index in [-0.39, 0.29) is 50.0 Å². The van der Waals surface area contributed by atoms with E-state index in [9.17, 15) is 33.1 Å².